The Balaban J connectivity index is 2.18. The van der Waals surface area contributed by atoms with Crippen LogP contribution in [-0.4, -0.2) is 108 Å². The molecule has 0 radical (unpaired) electrons. The van der Waals surface area contributed by atoms with E-state index in [2.05, 4.69) is 72.2 Å². The highest BCUT2D eigenvalue weighted by Gasteiger charge is 2.62. The number of hydrogen-bond acceptors (Lipinski definition) is 14. The number of esters is 2. The van der Waals surface area contributed by atoms with E-state index in [1.54, 1.807) is 0 Å². The molecule has 3 heterocycles. The summed E-state index contributed by atoms with van der Waals surface area (Å²) < 4.78 is 57.8. The van der Waals surface area contributed by atoms with Crippen molar-refractivity contribution in [3.63, 3.8) is 0 Å². The molecule has 54 heavy (non-hydrogen) atoms. The molecule has 0 bridgehead atoms. The summed E-state index contributed by atoms with van der Waals surface area (Å²) in [6.07, 6.45) is -1.03. The first-order chi connectivity index (χ1) is 25.5. The maximum atomic E-state index is 13.6. The topological polar surface area (TPSA) is 192 Å². The van der Waals surface area contributed by atoms with Gasteiger partial charge in [0.1, 0.15) is 37.1 Å². The Kier molecular flexibility index (Phi) is 17.8. The van der Waals surface area contributed by atoms with Crippen molar-refractivity contribution in [2.75, 3.05) is 39.6 Å². The van der Waals surface area contributed by atoms with Crippen LogP contribution in [0.25, 0.3) is 0 Å². The van der Waals surface area contributed by atoms with E-state index in [-0.39, 0.29) is 67.4 Å². The molecule has 0 amide bonds. The van der Waals surface area contributed by atoms with E-state index in [1.165, 1.54) is 24.6 Å². The number of aliphatic hydroxyl groups excluding tert-OH is 1. The highest BCUT2D eigenvalue weighted by atomic mass is 28.5. The predicted octanol–water partition coefficient (Wildman–Crippen LogP) is 3.73. The monoisotopic (exact) mass is 800 g/mol. The highest BCUT2D eigenvalue weighted by Crippen LogP contribution is 2.49. The lowest BCUT2D eigenvalue weighted by Gasteiger charge is -2.51. The second kappa shape index (κ2) is 21.0. The van der Waals surface area contributed by atoms with Gasteiger partial charge >= 0.3 is 34.8 Å². The SMILES string of the molecule is CC(=O)OCCOC(OCCOC(C)=O)O[C@@H]1[C@@H]2O[Si](C(C)C)(C(C)C)O[Si](C(C)C)(C(C)C)OC[C@H]2O[C@H]1n1cc(C#CCCCCO)c(=O)[nH]c1=O. The number of carbonyl (C=O) groups is 2. The largest absolute Gasteiger partial charge is 0.463 e. The van der Waals surface area contributed by atoms with Gasteiger partial charge in [0.2, 0.25) is 0 Å². The van der Waals surface area contributed by atoms with E-state index in [0.29, 0.717) is 19.3 Å². The number of aliphatic hydroxyl groups is 1. The minimum atomic E-state index is -3.25. The number of fused-ring (bicyclic) bond motifs is 1. The summed E-state index contributed by atoms with van der Waals surface area (Å²) in [6, 6.07) is 0. The number of nitrogens with zero attached hydrogens (tertiary/aromatic N) is 1. The van der Waals surface area contributed by atoms with Gasteiger partial charge in [-0.25, -0.2) is 4.79 Å². The first-order valence-corrected chi connectivity index (χ1v) is 22.7. The molecule has 16 nitrogen and oxygen atoms in total. The molecule has 3 rings (SSSR count). The summed E-state index contributed by atoms with van der Waals surface area (Å²) in [5.41, 5.74) is -1.40. The van der Waals surface area contributed by atoms with Crippen molar-refractivity contribution < 1.29 is 56.1 Å². The van der Waals surface area contributed by atoms with Gasteiger partial charge in [-0.05, 0) is 35.0 Å². The molecule has 2 fully saturated rings. The first kappa shape index (κ1) is 45.7. The van der Waals surface area contributed by atoms with Crippen molar-refractivity contribution in [2.24, 2.45) is 0 Å². The molecule has 0 saturated carbocycles. The fraction of sp³-hybridized carbons (Fsp3) is 0.778. The predicted molar refractivity (Wildman–Crippen MR) is 201 cm³/mol. The van der Waals surface area contributed by atoms with Crippen molar-refractivity contribution in [2.45, 2.75) is 142 Å². The number of nitrogens with one attached hydrogen (secondary N) is 1. The molecular formula is C36H60N2O14Si2. The van der Waals surface area contributed by atoms with Crippen LogP contribution in [0.5, 0.6) is 0 Å². The van der Waals surface area contributed by atoms with E-state index in [4.69, 9.17) is 46.5 Å². The van der Waals surface area contributed by atoms with Crippen molar-refractivity contribution in [1.29, 1.82) is 0 Å². The lowest BCUT2D eigenvalue weighted by Crippen LogP contribution is -2.66. The van der Waals surface area contributed by atoms with Gasteiger partial charge in [0.15, 0.2) is 6.23 Å². The molecule has 2 saturated heterocycles. The van der Waals surface area contributed by atoms with Crippen LogP contribution in [0.1, 0.15) is 100 Å². The quantitative estimate of drug-likeness (QED) is 0.0718. The molecule has 2 N–H and O–H groups in total. The van der Waals surface area contributed by atoms with Crippen molar-refractivity contribution in [1.82, 2.24) is 9.55 Å². The summed E-state index contributed by atoms with van der Waals surface area (Å²) in [4.78, 5) is 51.7. The van der Waals surface area contributed by atoms with Crippen LogP contribution in [0.4, 0.5) is 0 Å². The zero-order valence-electron chi connectivity index (χ0n) is 33.3. The number of carbonyl (C=O) groups excluding carboxylic acids is 2. The van der Waals surface area contributed by atoms with Gasteiger partial charge in [0.05, 0.1) is 19.8 Å². The minimum Gasteiger partial charge on any atom is -0.463 e. The first-order valence-electron chi connectivity index (χ1n) is 18.8. The summed E-state index contributed by atoms with van der Waals surface area (Å²) in [5.74, 6) is 4.77. The number of aromatic nitrogens is 2. The number of ether oxygens (including phenoxy) is 6. The number of hydrogen-bond donors (Lipinski definition) is 2. The third-order valence-corrected chi connectivity index (χ3v) is 19.6. The van der Waals surface area contributed by atoms with Gasteiger partial charge < -0.3 is 46.5 Å². The summed E-state index contributed by atoms with van der Waals surface area (Å²) in [5, 5.41) is 9.12. The van der Waals surface area contributed by atoms with Crippen molar-refractivity contribution >= 4 is 29.1 Å². The van der Waals surface area contributed by atoms with Crippen LogP contribution < -0.4 is 11.2 Å². The van der Waals surface area contributed by atoms with Crippen LogP contribution in [0.15, 0.2) is 15.8 Å². The molecule has 2 aliphatic heterocycles. The molecule has 0 spiro atoms. The molecule has 0 aromatic carbocycles. The molecular weight excluding hydrogens is 741 g/mol. The van der Waals surface area contributed by atoms with E-state index in [1.807, 2.05) is 0 Å². The van der Waals surface area contributed by atoms with E-state index in [0.717, 1.165) is 0 Å². The highest BCUT2D eigenvalue weighted by molar-refractivity contribution is 6.84. The smallest absolute Gasteiger partial charge is 0.335 e. The standard InChI is InChI=1S/C36H60N2O14Si2/c1-23(2)53(24(3)4)48-22-30-31(51-54(52-53,25(5)6)26(7)8)32(50-36(46-19-17-44-27(9)40)47-20-18-45-28(10)41)34(49-30)38-21-29(33(42)37-35(38)43)15-13-11-12-14-16-39/h21,23-26,30-32,34,36,39H,11-12,14,16-20,22H2,1-10H3,(H,37,42,43)/t30-,31-,32-,34-/m1/s1. The van der Waals surface area contributed by atoms with Gasteiger partial charge in [0, 0.05) is 33.1 Å². The average Bonchev–Trinajstić information content (AvgIpc) is 3.39. The minimum absolute atomic E-state index is 0.0247. The molecule has 1 aromatic heterocycles. The summed E-state index contributed by atoms with van der Waals surface area (Å²) >= 11 is 0. The van der Waals surface area contributed by atoms with Crippen LogP contribution in [0.2, 0.25) is 22.2 Å². The van der Waals surface area contributed by atoms with Crippen LogP contribution in [0.3, 0.4) is 0 Å². The van der Waals surface area contributed by atoms with Crippen molar-refractivity contribution in [3.8, 4) is 11.8 Å². The summed E-state index contributed by atoms with van der Waals surface area (Å²) in [7, 11) is -6.22. The van der Waals surface area contributed by atoms with Gasteiger partial charge in [0.25, 0.3) is 12.0 Å². The Morgan fingerprint density at radius 2 is 1.48 bits per heavy atom. The van der Waals surface area contributed by atoms with Gasteiger partial charge in [-0.1, -0.05) is 67.2 Å². The molecule has 4 atom stereocenters. The second-order valence-electron chi connectivity index (χ2n) is 14.6. The maximum absolute atomic E-state index is 13.6. The van der Waals surface area contributed by atoms with Gasteiger partial charge in [-0.2, -0.15) is 0 Å². The third-order valence-electron chi connectivity index (χ3n) is 9.35. The third kappa shape index (κ3) is 11.7. The summed E-state index contributed by atoms with van der Waals surface area (Å²) in [6.45, 7) is 17.4. The number of H-pyrrole nitrogens is 1. The Morgan fingerprint density at radius 1 is 0.907 bits per heavy atom. The molecule has 0 aliphatic carbocycles. The fourth-order valence-corrected chi connectivity index (χ4v) is 17.9. The van der Waals surface area contributed by atoms with Gasteiger partial charge in [-0.15, -0.1) is 0 Å². The van der Waals surface area contributed by atoms with Crippen molar-refractivity contribution in [3.05, 3.63) is 32.6 Å². The Bertz CT molecular complexity index is 1510. The molecule has 0 unspecified atom stereocenters. The van der Waals surface area contributed by atoms with Gasteiger partial charge in [-0.3, -0.25) is 23.9 Å². The van der Waals surface area contributed by atoms with E-state index in [9.17, 15) is 19.2 Å². The lowest BCUT2D eigenvalue weighted by atomic mass is 10.1. The number of rotatable bonds is 18. The molecule has 1 aromatic rings. The maximum Gasteiger partial charge on any atom is 0.335 e. The Morgan fingerprint density at radius 3 is 2.00 bits per heavy atom. The van der Waals surface area contributed by atoms with E-state index >= 15 is 0 Å². The molecule has 2 aliphatic rings. The molecule has 306 valence electrons. The zero-order valence-corrected chi connectivity index (χ0v) is 35.3. The van der Waals surface area contributed by atoms with Crippen LogP contribution >= 0.6 is 0 Å². The number of unbranched alkanes of at least 4 members (excludes halogenated alkanes) is 2. The normalized spacial score (nSPS) is 22.2. The fourth-order valence-electron chi connectivity index (χ4n) is 6.65. The Hall–Kier alpha value is -2.71. The average molecular weight is 801 g/mol. The van der Waals surface area contributed by atoms with Crippen LogP contribution in [-0.2, 0) is 51.0 Å². The second-order valence-corrected chi connectivity index (χ2v) is 23.5. The zero-order chi connectivity index (χ0) is 40.2. The lowest BCUT2D eigenvalue weighted by molar-refractivity contribution is -0.320. The molecule has 18 heteroatoms. The number of aromatic amines is 1. The van der Waals surface area contributed by atoms with E-state index < -0.39 is 71.3 Å². The van der Waals surface area contributed by atoms with Crippen LogP contribution in [0, 0.1) is 11.8 Å². The Labute approximate surface area is 319 Å².